The average Bonchev–Trinajstić information content (AvgIpc) is 2.76. The number of hydrogen-bond acceptors (Lipinski definition) is 4. The molecule has 1 unspecified atom stereocenters. The summed E-state index contributed by atoms with van der Waals surface area (Å²) in [6, 6.07) is 2.50. The van der Waals surface area contributed by atoms with Crippen LogP contribution in [-0.4, -0.2) is 41.4 Å². The van der Waals surface area contributed by atoms with E-state index in [1.54, 1.807) is 0 Å². The van der Waals surface area contributed by atoms with Crippen LogP contribution in [-0.2, 0) is 19.4 Å². The van der Waals surface area contributed by atoms with Crippen molar-refractivity contribution in [2.75, 3.05) is 20.6 Å². The normalized spacial score (nSPS) is 13.2. The maximum atomic E-state index is 5.64. The number of rotatable bonds is 8. The Morgan fingerprint density at radius 1 is 1.44 bits per heavy atom. The number of nitrogens with two attached hydrogens (primary N) is 1. The monoisotopic (exact) mass is 253 g/mol. The van der Waals surface area contributed by atoms with Gasteiger partial charge >= 0.3 is 0 Å². The Balaban J connectivity index is 2.65. The lowest BCUT2D eigenvalue weighted by Gasteiger charge is -2.18. The predicted octanol–water partition coefficient (Wildman–Crippen LogP) is 0.792. The molecular formula is C13H27N5. The zero-order valence-electron chi connectivity index (χ0n) is 12.1. The first-order valence-electron chi connectivity index (χ1n) is 6.77. The highest BCUT2D eigenvalue weighted by molar-refractivity contribution is 5.11. The van der Waals surface area contributed by atoms with E-state index in [1.165, 1.54) is 5.69 Å². The molecule has 0 amide bonds. The van der Waals surface area contributed by atoms with Crippen LogP contribution in [0.15, 0.2) is 6.07 Å². The van der Waals surface area contributed by atoms with Crippen LogP contribution < -0.4 is 11.3 Å². The zero-order valence-corrected chi connectivity index (χ0v) is 12.1. The van der Waals surface area contributed by atoms with Gasteiger partial charge in [-0.1, -0.05) is 6.92 Å². The molecule has 104 valence electrons. The molecule has 0 radical (unpaired) electrons. The van der Waals surface area contributed by atoms with E-state index in [9.17, 15) is 0 Å². The van der Waals surface area contributed by atoms with Gasteiger partial charge in [-0.25, -0.2) is 0 Å². The van der Waals surface area contributed by atoms with E-state index in [-0.39, 0.29) is 0 Å². The zero-order chi connectivity index (χ0) is 13.5. The first-order valence-corrected chi connectivity index (χ1v) is 6.77. The van der Waals surface area contributed by atoms with Gasteiger partial charge in [-0.3, -0.25) is 16.0 Å². The molecule has 0 spiro atoms. The summed E-state index contributed by atoms with van der Waals surface area (Å²) in [4.78, 5) is 2.18. The number of hydrazine groups is 1. The summed E-state index contributed by atoms with van der Waals surface area (Å²) in [5.74, 6) is 5.64. The molecule has 5 nitrogen and oxygen atoms in total. The van der Waals surface area contributed by atoms with Crippen LogP contribution in [0.25, 0.3) is 0 Å². The van der Waals surface area contributed by atoms with Crippen molar-refractivity contribution in [3.63, 3.8) is 0 Å². The van der Waals surface area contributed by atoms with Gasteiger partial charge in [0.25, 0.3) is 0 Å². The Morgan fingerprint density at radius 3 is 2.67 bits per heavy atom. The fraction of sp³-hybridized carbons (Fsp3) is 0.769. The maximum Gasteiger partial charge on any atom is 0.0624 e. The van der Waals surface area contributed by atoms with Crippen molar-refractivity contribution in [1.82, 2.24) is 20.1 Å². The summed E-state index contributed by atoms with van der Waals surface area (Å²) >= 11 is 0. The van der Waals surface area contributed by atoms with E-state index in [2.05, 4.69) is 54.1 Å². The van der Waals surface area contributed by atoms with Gasteiger partial charge in [-0.15, -0.1) is 0 Å². The fourth-order valence-corrected chi connectivity index (χ4v) is 2.04. The van der Waals surface area contributed by atoms with Crippen molar-refractivity contribution in [2.45, 2.75) is 45.7 Å². The number of hydrogen-bond donors (Lipinski definition) is 2. The first kappa shape index (κ1) is 15.1. The van der Waals surface area contributed by atoms with Crippen LogP contribution in [0.4, 0.5) is 0 Å². The van der Waals surface area contributed by atoms with Crippen molar-refractivity contribution in [3.05, 3.63) is 17.5 Å². The third-order valence-electron chi connectivity index (χ3n) is 3.19. The first-order chi connectivity index (χ1) is 8.60. The quantitative estimate of drug-likeness (QED) is 0.531. The van der Waals surface area contributed by atoms with Gasteiger partial charge < -0.3 is 4.90 Å². The lowest BCUT2D eigenvalue weighted by molar-refractivity contribution is 0.355. The highest BCUT2D eigenvalue weighted by Crippen LogP contribution is 2.10. The van der Waals surface area contributed by atoms with Crippen molar-refractivity contribution in [2.24, 2.45) is 5.84 Å². The minimum atomic E-state index is 0.305. The molecule has 0 fully saturated rings. The molecule has 18 heavy (non-hydrogen) atoms. The molecular weight excluding hydrogens is 226 g/mol. The maximum absolute atomic E-state index is 5.64. The van der Waals surface area contributed by atoms with Gasteiger partial charge in [0.15, 0.2) is 0 Å². The molecule has 0 aromatic carbocycles. The van der Waals surface area contributed by atoms with Crippen LogP contribution in [0, 0.1) is 0 Å². The SMILES string of the molecule is CCc1cc(CC(CCN(C)C)NN)n(CC)n1. The number of nitrogens with one attached hydrogen (secondary N) is 1. The molecule has 1 heterocycles. The molecule has 0 aliphatic heterocycles. The van der Waals surface area contributed by atoms with E-state index in [4.69, 9.17) is 5.84 Å². The molecule has 5 heteroatoms. The minimum Gasteiger partial charge on any atom is -0.309 e. The molecule has 0 aliphatic rings. The summed E-state index contributed by atoms with van der Waals surface area (Å²) in [6.45, 7) is 6.22. The van der Waals surface area contributed by atoms with Crippen molar-refractivity contribution in [3.8, 4) is 0 Å². The standard InChI is InChI=1S/C13H27N5/c1-5-11-9-13(18(6-2)16-11)10-12(15-14)7-8-17(3)4/h9,12,15H,5-8,10,14H2,1-4H3. The second-order valence-electron chi connectivity index (χ2n) is 4.96. The van der Waals surface area contributed by atoms with Gasteiger partial charge in [0.2, 0.25) is 0 Å². The smallest absolute Gasteiger partial charge is 0.0624 e. The lowest BCUT2D eigenvalue weighted by atomic mass is 10.1. The van der Waals surface area contributed by atoms with Crippen LogP contribution in [0.2, 0.25) is 0 Å². The molecule has 0 saturated heterocycles. The second kappa shape index (κ2) is 7.51. The summed E-state index contributed by atoms with van der Waals surface area (Å²) < 4.78 is 2.08. The molecule has 1 aromatic heterocycles. The van der Waals surface area contributed by atoms with Crippen LogP contribution in [0.5, 0.6) is 0 Å². The fourth-order valence-electron chi connectivity index (χ4n) is 2.04. The second-order valence-corrected chi connectivity index (χ2v) is 4.96. The molecule has 0 aliphatic carbocycles. The highest BCUT2D eigenvalue weighted by Gasteiger charge is 2.13. The van der Waals surface area contributed by atoms with E-state index in [0.29, 0.717) is 6.04 Å². The van der Waals surface area contributed by atoms with Crippen molar-refractivity contribution >= 4 is 0 Å². The molecule has 1 rings (SSSR count). The Labute approximate surface area is 110 Å². The average molecular weight is 253 g/mol. The van der Waals surface area contributed by atoms with Gasteiger partial charge in [0, 0.05) is 24.7 Å². The van der Waals surface area contributed by atoms with Crippen LogP contribution in [0.1, 0.15) is 31.7 Å². The summed E-state index contributed by atoms with van der Waals surface area (Å²) in [6.07, 6.45) is 2.96. The van der Waals surface area contributed by atoms with E-state index in [0.717, 1.165) is 38.0 Å². The number of nitrogens with zero attached hydrogens (tertiary/aromatic N) is 3. The Morgan fingerprint density at radius 2 is 2.17 bits per heavy atom. The van der Waals surface area contributed by atoms with E-state index in [1.807, 2.05) is 0 Å². The summed E-state index contributed by atoms with van der Waals surface area (Å²) in [7, 11) is 4.16. The van der Waals surface area contributed by atoms with Crippen molar-refractivity contribution < 1.29 is 0 Å². The Kier molecular flexibility index (Phi) is 6.32. The molecule has 3 N–H and O–H groups in total. The van der Waals surface area contributed by atoms with Gasteiger partial charge in [-0.2, -0.15) is 5.10 Å². The summed E-state index contributed by atoms with van der Waals surface area (Å²) in [5, 5.41) is 4.57. The van der Waals surface area contributed by atoms with Crippen LogP contribution >= 0.6 is 0 Å². The highest BCUT2D eigenvalue weighted by atomic mass is 15.3. The third kappa shape index (κ3) is 4.40. The number of aromatic nitrogens is 2. The molecule has 1 aromatic rings. The van der Waals surface area contributed by atoms with Crippen LogP contribution in [0.3, 0.4) is 0 Å². The largest absolute Gasteiger partial charge is 0.309 e. The van der Waals surface area contributed by atoms with E-state index >= 15 is 0 Å². The Bertz CT molecular complexity index is 345. The number of aryl methyl sites for hydroxylation is 2. The third-order valence-corrected chi connectivity index (χ3v) is 3.19. The van der Waals surface area contributed by atoms with E-state index < -0.39 is 0 Å². The molecule has 0 bridgehead atoms. The minimum absolute atomic E-state index is 0.305. The van der Waals surface area contributed by atoms with Gasteiger partial charge in [-0.05, 0) is 46.5 Å². The predicted molar refractivity (Wildman–Crippen MR) is 75.3 cm³/mol. The van der Waals surface area contributed by atoms with Gasteiger partial charge in [0.05, 0.1) is 5.69 Å². The molecule has 0 saturated carbocycles. The Hall–Kier alpha value is -0.910. The molecule has 1 atom stereocenters. The van der Waals surface area contributed by atoms with Gasteiger partial charge in [0.1, 0.15) is 0 Å². The van der Waals surface area contributed by atoms with Crippen molar-refractivity contribution in [1.29, 1.82) is 0 Å². The summed E-state index contributed by atoms with van der Waals surface area (Å²) in [5.41, 5.74) is 5.35. The topological polar surface area (TPSA) is 59.1 Å². The lowest BCUT2D eigenvalue weighted by Crippen LogP contribution is -2.39.